The Bertz CT molecular complexity index is 3230. The zero-order valence-corrected chi connectivity index (χ0v) is 30.9. The third-order valence-electron chi connectivity index (χ3n) is 10.5. The lowest BCUT2D eigenvalue weighted by molar-refractivity contribution is 0.670. The molecule has 3 aromatic heterocycles. The number of nitrogens with zero attached hydrogens (tertiary/aromatic N) is 3. The number of hydrogen-bond donors (Lipinski definition) is 0. The molecule has 11 rings (SSSR count). The molecule has 56 heavy (non-hydrogen) atoms. The first kappa shape index (κ1) is 32.2. The largest absolute Gasteiger partial charge is 0.455 e. The van der Waals surface area contributed by atoms with E-state index in [1.165, 1.54) is 25.7 Å². The fourth-order valence-corrected chi connectivity index (χ4v) is 8.89. The van der Waals surface area contributed by atoms with E-state index in [2.05, 4.69) is 133 Å². The smallest absolute Gasteiger partial charge is 0.164 e. The summed E-state index contributed by atoms with van der Waals surface area (Å²) in [6, 6.07) is 65.6. The molecule has 262 valence electrons. The molecular weight excluding hydrogens is 703 g/mol. The van der Waals surface area contributed by atoms with Crippen LogP contribution < -0.4 is 0 Å². The van der Waals surface area contributed by atoms with Crippen molar-refractivity contribution in [3.05, 3.63) is 188 Å². The molecule has 8 aromatic carbocycles. The third kappa shape index (κ3) is 5.56. The second-order valence-electron chi connectivity index (χ2n) is 14.0. The van der Waals surface area contributed by atoms with Gasteiger partial charge in [0.1, 0.15) is 11.2 Å². The van der Waals surface area contributed by atoms with Gasteiger partial charge in [-0.2, -0.15) is 0 Å². The summed E-state index contributed by atoms with van der Waals surface area (Å²) in [5.74, 6) is 1.82. The minimum atomic E-state index is 0.590. The van der Waals surface area contributed by atoms with E-state index in [9.17, 15) is 0 Å². The third-order valence-corrected chi connectivity index (χ3v) is 11.7. The quantitative estimate of drug-likeness (QED) is 0.171. The van der Waals surface area contributed by atoms with Crippen molar-refractivity contribution in [2.45, 2.75) is 0 Å². The summed E-state index contributed by atoms with van der Waals surface area (Å²) in [4.78, 5) is 15.4. The number of benzene rings is 8. The van der Waals surface area contributed by atoms with Crippen LogP contribution in [0, 0.1) is 0 Å². The number of rotatable bonds is 6. The first-order valence-electron chi connectivity index (χ1n) is 18.7. The van der Waals surface area contributed by atoms with Crippen LogP contribution in [0.5, 0.6) is 0 Å². The Morgan fingerprint density at radius 1 is 0.339 bits per heavy atom. The van der Waals surface area contributed by atoms with Gasteiger partial charge in [0, 0.05) is 53.2 Å². The van der Waals surface area contributed by atoms with Gasteiger partial charge in [-0.05, 0) is 64.2 Å². The lowest BCUT2D eigenvalue weighted by atomic mass is 9.95. The average molecular weight is 734 g/mol. The summed E-state index contributed by atoms with van der Waals surface area (Å²) in [6.45, 7) is 0. The summed E-state index contributed by atoms with van der Waals surface area (Å²) in [7, 11) is 0. The van der Waals surface area contributed by atoms with Crippen LogP contribution in [0.1, 0.15) is 0 Å². The van der Waals surface area contributed by atoms with Gasteiger partial charge in [-0.25, -0.2) is 15.0 Å². The normalized spacial score (nSPS) is 11.6. The maximum Gasteiger partial charge on any atom is 0.164 e. The van der Waals surface area contributed by atoms with Crippen molar-refractivity contribution in [1.82, 2.24) is 15.0 Å². The standard InChI is InChI=1S/C51H31N3OS/c1-4-13-32(14-5-1)38-30-41(34-15-6-2-7-16-34)48-43(31-38)47-40(20-12-21-44(47)55-48)51-53-49(35-17-8-3-9-18-35)52-50(54-51)36-25-23-33(24-26-36)37-27-28-46-42(29-37)39-19-10-11-22-45(39)56-46/h1-31H. The summed E-state index contributed by atoms with van der Waals surface area (Å²) in [5, 5.41) is 4.57. The van der Waals surface area contributed by atoms with Gasteiger partial charge >= 0.3 is 0 Å². The van der Waals surface area contributed by atoms with Crippen LogP contribution in [-0.2, 0) is 0 Å². The summed E-state index contributed by atoms with van der Waals surface area (Å²) < 4.78 is 9.36. The van der Waals surface area contributed by atoms with Crippen LogP contribution in [0.25, 0.3) is 110 Å². The Balaban J connectivity index is 1.08. The first-order chi connectivity index (χ1) is 27.7. The van der Waals surface area contributed by atoms with Crippen molar-refractivity contribution in [2.75, 3.05) is 0 Å². The molecule has 0 N–H and O–H groups in total. The maximum absolute atomic E-state index is 6.75. The maximum atomic E-state index is 6.75. The van der Waals surface area contributed by atoms with Crippen LogP contribution >= 0.6 is 11.3 Å². The van der Waals surface area contributed by atoms with E-state index >= 15 is 0 Å². The fourth-order valence-electron chi connectivity index (χ4n) is 7.80. The van der Waals surface area contributed by atoms with Gasteiger partial charge < -0.3 is 4.42 Å². The molecule has 0 amide bonds. The van der Waals surface area contributed by atoms with Gasteiger partial charge in [-0.1, -0.05) is 152 Å². The van der Waals surface area contributed by atoms with Gasteiger partial charge in [0.05, 0.1) is 0 Å². The number of furan rings is 1. The Hall–Kier alpha value is -7.21. The Labute approximate surface area is 327 Å². The van der Waals surface area contributed by atoms with Gasteiger partial charge in [0.2, 0.25) is 0 Å². The van der Waals surface area contributed by atoms with Gasteiger partial charge in [0.25, 0.3) is 0 Å². The monoisotopic (exact) mass is 733 g/mol. The van der Waals surface area contributed by atoms with E-state index in [1.54, 1.807) is 0 Å². The molecular formula is C51H31N3OS. The number of thiophene rings is 1. The highest BCUT2D eigenvalue weighted by atomic mass is 32.1. The second kappa shape index (κ2) is 13.3. The highest BCUT2D eigenvalue weighted by Crippen LogP contribution is 2.43. The average Bonchev–Trinajstić information content (AvgIpc) is 3.85. The van der Waals surface area contributed by atoms with Crippen molar-refractivity contribution < 1.29 is 4.42 Å². The predicted molar refractivity (Wildman–Crippen MR) is 233 cm³/mol. The van der Waals surface area contributed by atoms with Gasteiger partial charge in [-0.15, -0.1) is 11.3 Å². The molecule has 0 fully saturated rings. The number of hydrogen-bond acceptors (Lipinski definition) is 5. The minimum absolute atomic E-state index is 0.590. The molecule has 0 radical (unpaired) electrons. The topological polar surface area (TPSA) is 51.8 Å². The highest BCUT2D eigenvalue weighted by Gasteiger charge is 2.21. The lowest BCUT2D eigenvalue weighted by Crippen LogP contribution is -2.00. The van der Waals surface area contributed by atoms with Crippen molar-refractivity contribution in [3.8, 4) is 67.5 Å². The van der Waals surface area contributed by atoms with Crippen LogP contribution in [0.4, 0.5) is 0 Å². The van der Waals surface area contributed by atoms with Crippen molar-refractivity contribution >= 4 is 53.4 Å². The second-order valence-corrected chi connectivity index (χ2v) is 15.1. The number of aromatic nitrogens is 3. The molecule has 11 aromatic rings. The summed E-state index contributed by atoms with van der Waals surface area (Å²) >= 11 is 1.84. The number of fused-ring (bicyclic) bond motifs is 6. The molecule has 0 unspecified atom stereocenters. The fraction of sp³-hybridized carbons (Fsp3) is 0. The Morgan fingerprint density at radius 2 is 0.893 bits per heavy atom. The molecule has 3 heterocycles. The zero-order valence-electron chi connectivity index (χ0n) is 30.1. The van der Waals surface area contributed by atoms with E-state index in [1.807, 2.05) is 65.9 Å². The van der Waals surface area contributed by atoms with Gasteiger partial charge in [0.15, 0.2) is 17.5 Å². The molecule has 0 saturated carbocycles. The van der Waals surface area contributed by atoms with Crippen LogP contribution in [0.15, 0.2) is 192 Å². The van der Waals surface area contributed by atoms with Crippen molar-refractivity contribution in [2.24, 2.45) is 0 Å². The molecule has 0 aliphatic heterocycles. The van der Waals surface area contributed by atoms with Crippen molar-refractivity contribution in [1.29, 1.82) is 0 Å². The first-order valence-corrected chi connectivity index (χ1v) is 19.5. The molecule has 0 atom stereocenters. The summed E-state index contributed by atoms with van der Waals surface area (Å²) in [5.41, 5.74) is 11.0. The Morgan fingerprint density at radius 3 is 1.64 bits per heavy atom. The van der Waals surface area contributed by atoms with Gasteiger partial charge in [-0.3, -0.25) is 0 Å². The van der Waals surface area contributed by atoms with Crippen molar-refractivity contribution in [3.63, 3.8) is 0 Å². The van der Waals surface area contributed by atoms with E-state index in [0.717, 1.165) is 66.4 Å². The molecule has 5 heteroatoms. The molecule has 0 saturated heterocycles. The zero-order chi connectivity index (χ0) is 37.0. The van der Waals surface area contributed by atoms with E-state index < -0.39 is 0 Å². The molecule has 0 spiro atoms. The molecule has 0 aliphatic rings. The molecule has 0 bridgehead atoms. The van der Waals surface area contributed by atoms with Crippen LogP contribution in [0.2, 0.25) is 0 Å². The predicted octanol–water partition coefficient (Wildman–Crippen LogP) is 14.1. The van der Waals surface area contributed by atoms with E-state index in [0.29, 0.717) is 17.5 Å². The minimum Gasteiger partial charge on any atom is -0.455 e. The molecule has 0 aliphatic carbocycles. The molecule has 4 nitrogen and oxygen atoms in total. The Kier molecular flexibility index (Phi) is 7.64. The lowest BCUT2D eigenvalue weighted by Gasteiger charge is -2.10. The highest BCUT2D eigenvalue weighted by molar-refractivity contribution is 7.25. The van der Waals surface area contributed by atoms with Crippen LogP contribution in [0.3, 0.4) is 0 Å². The van der Waals surface area contributed by atoms with Crippen LogP contribution in [-0.4, -0.2) is 15.0 Å². The SMILES string of the molecule is c1ccc(-c2cc(-c3ccccc3)c3oc4cccc(-c5nc(-c6ccccc6)nc(-c6ccc(-c7ccc8sc9ccccc9c8c7)cc6)n5)c4c3c2)cc1. The summed E-state index contributed by atoms with van der Waals surface area (Å²) in [6.07, 6.45) is 0. The van der Waals surface area contributed by atoms with E-state index in [4.69, 9.17) is 19.4 Å². The van der Waals surface area contributed by atoms with E-state index in [-0.39, 0.29) is 0 Å².